The molecular formula is C18H21N3O2. The molecule has 5 nitrogen and oxygen atoms in total. The average molecular weight is 311 g/mol. The first-order chi connectivity index (χ1) is 11.3. The molecule has 0 saturated carbocycles. The molecule has 0 radical (unpaired) electrons. The maximum atomic E-state index is 5.80. The minimum Gasteiger partial charge on any atom is -0.493 e. The number of nitrogens with zero attached hydrogens (tertiary/aromatic N) is 2. The van der Waals surface area contributed by atoms with Crippen LogP contribution in [0, 0.1) is 0 Å². The van der Waals surface area contributed by atoms with Crippen LogP contribution in [0.3, 0.4) is 0 Å². The lowest BCUT2D eigenvalue weighted by Crippen LogP contribution is -2.13. The molecule has 1 heterocycles. The van der Waals surface area contributed by atoms with Crippen LogP contribution in [0.5, 0.6) is 11.5 Å². The summed E-state index contributed by atoms with van der Waals surface area (Å²) in [5.41, 5.74) is 8.92. The molecule has 0 spiro atoms. The van der Waals surface area contributed by atoms with Crippen molar-refractivity contribution in [1.82, 2.24) is 9.55 Å². The van der Waals surface area contributed by atoms with Gasteiger partial charge in [0.05, 0.1) is 25.3 Å². The number of rotatable bonds is 6. The summed E-state index contributed by atoms with van der Waals surface area (Å²) < 4.78 is 12.9. The molecule has 3 rings (SSSR count). The van der Waals surface area contributed by atoms with Gasteiger partial charge in [-0.25, -0.2) is 4.98 Å². The fourth-order valence-corrected chi connectivity index (χ4v) is 2.79. The fourth-order valence-electron chi connectivity index (χ4n) is 2.79. The molecule has 0 aliphatic carbocycles. The van der Waals surface area contributed by atoms with E-state index in [-0.39, 0.29) is 0 Å². The largest absolute Gasteiger partial charge is 0.493 e. The van der Waals surface area contributed by atoms with Crippen LogP contribution in [-0.4, -0.2) is 30.3 Å². The monoisotopic (exact) mass is 311 g/mol. The summed E-state index contributed by atoms with van der Waals surface area (Å²) in [7, 11) is 3.27. The van der Waals surface area contributed by atoms with Crippen LogP contribution in [0.4, 0.5) is 0 Å². The maximum absolute atomic E-state index is 5.80. The first kappa shape index (κ1) is 15.4. The van der Waals surface area contributed by atoms with Crippen LogP contribution in [0.15, 0.2) is 42.5 Å². The minimum absolute atomic E-state index is 0.557. The standard InChI is InChI=1S/C18H21N3O2/c1-22-16-11-14-15(12-17(16)23-2)21(9-8-19)18(20-14)10-13-6-4-3-5-7-13/h3-7,11-12H,8-10,19H2,1-2H3. The molecule has 0 atom stereocenters. The van der Waals surface area contributed by atoms with Crippen molar-refractivity contribution in [1.29, 1.82) is 0 Å². The maximum Gasteiger partial charge on any atom is 0.163 e. The zero-order chi connectivity index (χ0) is 16.2. The normalized spacial score (nSPS) is 10.9. The number of hydrogen-bond acceptors (Lipinski definition) is 4. The molecule has 0 bridgehead atoms. The number of fused-ring (bicyclic) bond motifs is 1. The average Bonchev–Trinajstić information content (AvgIpc) is 2.91. The Hall–Kier alpha value is -2.53. The van der Waals surface area contributed by atoms with Gasteiger partial charge >= 0.3 is 0 Å². The van der Waals surface area contributed by atoms with Crippen LogP contribution < -0.4 is 15.2 Å². The van der Waals surface area contributed by atoms with Crippen molar-refractivity contribution >= 4 is 11.0 Å². The van der Waals surface area contributed by atoms with Gasteiger partial charge in [0.15, 0.2) is 11.5 Å². The molecule has 0 aliphatic rings. The highest BCUT2D eigenvalue weighted by Crippen LogP contribution is 2.32. The van der Waals surface area contributed by atoms with Gasteiger partial charge in [-0.1, -0.05) is 30.3 Å². The van der Waals surface area contributed by atoms with Crippen molar-refractivity contribution in [2.24, 2.45) is 5.73 Å². The van der Waals surface area contributed by atoms with Gasteiger partial charge in [-0.3, -0.25) is 0 Å². The SMILES string of the molecule is COc1cc2nc(Cc3ccccc3)n(CCN)c2cc1OC. The Morgan fingerprint density at radius 3 is 2.39 bits per heavy atom. The van der Waals surface area contributed by atoms with Crippen molar-refractivity contribution in [3.63, 3.8) is 0 Å². The number of ether oxygens (including phenoxy) is 2. The number of hydrogen-bond donors (Lipinski definition) is 1. The Kier molecular flexibility index (Phi) is 4.48. The predicted molar refractivity (Wildman–Crippen MR) is 91.1 cm³/mol. The number of nitrogens with two attached hydrogens (primary N) is 1. The van der Waals surface area contributed by atoms with Gasteiger partial charge in [0.25, 0.3) is 0 Å². The topological polar surface area (TPSA) is 62.3 Å². The van der Waals surface area contributed by atoms with E-state index in [0.29, 0.717) is 24.6 Å². The smallest absolute Gasteiger partial charge is 0.163 e. The van der Waals surface area contributed by atoms with Gasteiger partial charge in [-0.2, -0.15) is 0 Å². The second-order valence-corrected chi connectivity index (χ2v) is 5.33. The van der Waals surface area contributed by atoms with Crippen molar-refractivity contribution in [2.45, 2.75) is 13.0 Å². The molecule has 0 aliphatic heterocycles. The Bertz CT molecular complexity index is 797. The molecule has 0 unspecified atom stereocenters. The zero-order valence-electron chi connectivity index (χ0n) is 13.5. The molecule has 23 heavy (non-hydrogen) atoms. The molecule has 5 heteroatoms. The van der Waals surface area contributed by atoms with E-state index in [0.717, 1.165) is 23.3 Å². The van der Waals surface area contributed by atoms with E-state index in [2.05, 4.69) is 16.7 Å². The van der Waals surface area contributed by atoms with Crippen LogP contribution in [0.1, 0.15) is 11.4 Å². The molecule has 0 fully saturated rings. The highest BCUT2D eigenvalue weighted by atomic mass is 16.5. The third kappa shape index (κ3) is 3.00. The van der Waals surface area contributed by atoms with E-state index in [9.17, 15) is 0 Å². The first-order valence-electron chi connectivity index (χ1n) is 7.62. The second-order valence-electron chi connectivity index (χ2n) is 5.33. The Morgan fingerprint density at radius 1 is 1.04 bits per heavy atom. The van der Waals surface area contributed by atoms with Crippen LogP contribution in [0.25, 0.3) is 11.0 Å². The summed E-state index contributed by atoms with van der Waals surface area (Å²) >= 11 is 0. The molecule has 2 aromatic carbocycles. The summed E-state index contributed by atoms with van der Waals surface area (Å²) in [4.78, 5) is 4.78. The van der Waals surface area contributed by atoms with Crippen LogP contribution in [0.2, 0.25) is 0 Å². The fraction of sp³-hybridized carbons (Fsp3) is 0.278. The summed E-state index contributed by atoms with van der Waals surface area (Å²) in [5, 5.41) is 0. The van der Waals surface area contributed by atoms with Gasteiger partial charge in [0.1, 0.15) is 5.82 Å². The third-order valence-corrected chi connectivity index (χ3v) is 3.89. The molecule has 3 aromatic rings. The molecule has 120 valence electrons. The molecular weight excluding hydrogens is 290 g/mol. The quantitative estimate of drug-likeness (QED) is 0.760. The van der Waals surface area contributed by atoms with Crippen molar-refractivity contribution < 1.29 is 9.47 Å². The summed E-state index contributed by atoms with van der Waals surface area (Å²) in [6.45, 7) is 1.27. The van der Waals surface area contributed by atoms with E-state index >= 15 is 0 Å². The third-order valence-electron chi connectivity index (χ3n) is 3.89. The van der Waals surface area contributed by atoms with E-state index in [1.54, 1.807) is 14.2 Å². The van der Waals surface area contributed by atoms with Crippen molar-refractivity contribution in [3.8, 4) is 11.5 Å². The van der Waals surface area contributed by atoms with Gasteiger partial charge < -0.3 is 19.8 Å². The van der Waals surface area contributed by atoms with Gasteiger partial charge in [0.2, 0.25) is 0 Å². The highest BCUT2D eigenvalue weighted by Gasteiger charge is 2.15. The van der Waals surface area contributed by atoms with Gasteiger partial charge in [-0.05, 0) is 5.56 Å². The highest BCUT2D eigenvalue weighted by molar-refractivity contribution is 5.80. The van der Waals surface area contributed by atoms with Gasteiger partial charge in [0, 0.05) is 31.6 Å². The zero-order valence-corrected chi connectivity index (χ0v) is 13.5. The summed E-state index contributed by atoms with van der Waals surface area (Å²) in [6.07, 6.45) is 0.764. The number of methoxy groups -OCH3 is 2. The number of imidazole rings is 1. The Labute approximate surface area is 135 Å². The van der Waals surface area contributed by atoms with Crippen LogP contribution >= 0.6 is 0 Å². The van der Waals surface area contributed by atoms with Gasteiger partial charge in [-0.15, -0.1) is 0 Å². The molecule has 0 amide bonds. The van der Waals surface area contributed by atoms with Crippen molar-refractivity contribution in [3.05, 3.63) is 53.9 Å². The Balaban J connectivity index is 2.11. The molecule has 0 saturated heterocycles. The molecule has 2 N–H and O–H groups in total. The van der Waals surface area contributed by atoms with Crippen LogP contribution in [-0.2, 0) is 13.0 Å². The summed E-state index contributed by atoms with van der Waals surface area (Å²) in [5.74, 6) is 2.38. The van der Waals surface area contributed by atoms with E-state index in [1.165, 1.54) is 5.56 Å². The second kappa shape index (κ2) is 6.71. The van der Waals surface area contributed by atoms with E-state index in [4.69, 9.17) is 20.2 Å². The lowest BCUT2D eigenvalue weighted by molar-refractivity contribution is 0.355. The number of aromatic nitrogens is 2. The molecule has 1 aromatic heterocycles. The summed E-state index contributed by atoms with van der Waals surface area (Å²) in [6, 6.07) is 14.2. The minimum atomic E-state index is 0.557. The first-order valence-corrected chi connectivity index (χ1v) is 7.62. The lowest BCUT2D eigenvalue weighted by Gasteiger charge is -2.10. The lowest BCUT2D eigenvalue weighted by atomic mass is 10.1. The van der Waals surface area contributed by atoms with E-state index in [1.807, 2.05) is 30.3 Å². The Morgan fingerprint density at radius 2 is 1.74 bits per heavy atom. The number of benzene rings is 2. The van der Waals surface area contributed by atoms with Crippen molar-refractivity contribution in [2.75, 3.05) is 20.8 Å². The predicted octanol–water partition coefficient (Wildman–Crippen LogP) is 2.60. The van der Waals surface area contributed by atoms with E-state index < -0.39 is 0 Å².